The maximum atomic E-state index is 11.4. The van der Waals surface area contributed by atoms with Crippen LogP contribution in [0.25, 0.3) is 0 Å². The number of imide groups is 1. The van der Waals surface area contributed by atoms with Crippen LogP contribution in [0.3, 0.4) is 0 Å². The maximum Gasteiger partial charge on any atom is 0.306 e. The SMILES string of the molecule is O=C(O)C1CCCCC1CNCCN1C(=O)CCC1=O. The fourth-order valence-electron chi connectivity index (χ4n) is 3.13. The van der Waals surface area contributed by atoms with E-state index in [1.165, 1.54) is 4.90 Å². The maximum absolute atomic E-state index is 11.4. The smallest absolute Gasteiger partial charge is 0.306 e. The molecular formula is C14H22N2O4. The van der Waals surface area contributed by atoms with E-state index in [9.17, 15) is 19.5 Å². The lowest BCUT2D eigenvalue weighted by molar-refractivity contribution is -0.144. The molecule has 1 aliphatic carbocycles. The molecule has 6 nitrogen and oxygen atoms in total. The molecule has 0 aromatic carbocycles. The Balaban J connectivity index is 1.71. The van der Waals surface area contributed by atoms with Crippen molar-refractivity contribution in [2.75, 3.05) is 19.6 Å². The first-order valence-corrected chi connectivity index (χ1v) is 7.36. The molecule has 1 saturated heterocycles. The molecule has 2 N–H and O–H groups in total. The van der Waals surface area contributed by atoms with Crippen LogP contribution in [0.5, 0.6) is 0 Å². The summed E-state index contributed by atoms with van der Waals surface area (Å²) in [5, 5.41) is 12.4. The third kappa shape index (κ3) is 3.56. The number of carbonyl (C=O) groups is 3. The van der Waals surface area contributed by atoms with Gasteiger partial charge in [-0.2, -0.15) is 0 Å². The van der Waals surface area contributed by atoms with Gasteiger partial charge in [0.25, 0.3) is 0 Å². The zero-order chi connectivity index (χ0) is 14.5. The number of hydrogen-bond acceptors (Lipinski definition) is 4. The number of nitrogens with zero attached hydrogens (tertiary/aromatic N) is 1. The van der Waals surface area contributed by atoms with Gasteiger partial charge in [0.15, 0.2) is 0 Å². The summed E-state index contributed by atoms with van der Waals surface area (Å²) in [6.45, 7) is 1.58. The summed E-state index contributed by atoms with van der Waals surface area (Å²) in [6, 6.07) is 0. The van der Waals surface area contributed by atoms with E-state index in [1.807, 2.05) is 0 Å². The molecule has 1 aliphatic heterocycles. The van der Waals surface area contributed by atoms with Crippen LogP contribution >= 0.6 is 0 Å². The molecule has 2 unspecified atom stereocenters. The first-order valence-electron chi connectivity index (χ1n) is 7.36. The second-order valence-electron chi connectivity index (χ2n) is 5.63. The number of carbonyl (C=O) groups excluding carboxylic acids is 2. The number of nitrogens with one attached hydrogen (secondary N) is 1. The van der Waals surface area contributed by atoms with Gasteiger partial charge in [0.2, 0.25) is 11.8 Å². The molecule has 0 aromatic rings. The Bertz CT molecular complexity index is 381. The van der Waals surface area contributed by atoms with E-state index in [2.05, 4.69) is 5.32 Å². The highest BCUT2D eigenvalue weighted by Crippen LogP contribution is 2.29. The zero-order valence-electron chi connectivity index (χ0n) is 11.6. The van der Waals surface area contributed by atoms with Gasteiger partial charge in [0.05, 0.1) is 5.92 Å². The number of carboxylic acids is 1. The molecule has 2 atom stereocenters. The van der Waals surface area contributed by atoms with E-state index < -0.39 is 5.97 Å². The van der Waals surface area contributed by atoms with E-state index in [1.54, 1.807) is 0 Å². The fourth-order valence-corrected chi connectivity index (χ4v) is 3.13. The quantitative estimate of drug-likeness (QED) is 0.551. The number of carboxylic acid groups (broad SMARTS) is 1. The molecule has 20 heavy (non-hydrogen) atoms. The van der Waals surface area contributed by atoms with Crippen LogP contribution in [0.15, 0.2) is 0 Å². The molecule has 0 bridgehead atoms. The van der Waals surface area contributed by atoms with Crippen molar-refractivity contribution in [3.8, 4) is 0 Å². The Morgan fingerprint density at radius 2 is 1.85 bits per heavy atom. The summed E-state index contributed by atoms with van der Waals surface area (Å²) < 4.78 is 0. The number of rotatable bonds is 6. The molecule has 2 amide bonds. The third-order valence-electron chi connectivity index (χ3n) is 4.30. The first kappa shape index (κ1) is 15.0. The molecule has 0 spiro atoms. The monoisotopic (exact) mass is 282 g/mol. The highest BCUT2D eigenvalue weighted by molar-refractivity contribution is 6.01. The molecule has 2 aliphatic rings. The molecule has 2 rings (SSSR count). The summed E-state index contributed by atoms with van der Waals surface area (Å²) in [5.74, 6) is -1.00. The van der Waals surface area contributed by atoms with Gasteiger partial charge in [-0.3, -0.25) is 19.3 Å². The summed E-state index contributed by atoms with van der Waals surface area (Å²) >= 11 is 0. The number of hydrogen-bond donors (Lipinski definition) is 2. The van der Waals surface area contributed by atoms with Gasteiger partial charge in [-0.1, -0.05) is 12.8 Å². The van der Waals surface area contributed by atoms with E-state index in [0.29, 0.717) is 32.5 Å². The Kier molecular flexibility index (Phi) is 5.11. The van der Waals surface area contributed by atoms with Crippen molar-refractivity contribution >= 4 is 17.8 Å². The zero-order valence-corrected chi connectivity index (χ0v) is 11.6. The van der Waals surface area contributed by atoms with Gasteiger partial charge in [-0.15, -0.1) is 0 Å². The van der Waals surface area contributed by atoms with Crippen LogP contribution in [0.4, 0.5) is 0 Å². The predicted molar refractivity (Wildman–Crippen MR) is 71.9 cm³/mol. The number of amides is 2. The molecule has 1 heterocycles. The van der Waals surface area contributed by atoms with Crippen molar-refractivity contribution in [3.05, 3.63) is 0 Å². The van der Waals surface area contributed by atoms with Gasteiger partial charge in [-0.25, -0.2) is 0 Å². The predicted octanol–water partition coefficient (Wildman–Crippen LogP) is 0.616. The van der Waals surface area contributed by atoms with Gasteiger partial charge < -0.3 is 10.4 Å². The van der Waals surface area contributed by atoms with Crippen LogP contribution in [0.2, 0.25) is 0 Å². The highest BCUT2D eigenvalue weighted by Gasteiger charge is 2.31. The van der Waals surface area contributed by atoms with E-state index in [4.69, 9.17) is 0 Å². The standard InChI is InChI=1S/C14H22N2O4/c17-12-5-6-13(18)16(12)8-7-15-9-10-3-1-2-4-11(10)14(19)20/h10-11,15H,1-9H2,(H,19,20). The van der Waals surface area contributed by atoms with Crippen molar-refractivity contribution in [2.45, 2.75) is 38.5 Å². The van der Waals surface area contributed by atoms with E-state index in [0.717, 1.165) is 25.7 Å². The fraction of sp³-hybridized carbons (Fsp3) is 0.786. The van der Waals surface area contributed by atoms with Crippen molar-refractivity contribution in [2.24, 2.45) is 11.8 Å². The molecule has 6 heteroatoms. The normalized spacial score (nSPS) is 27.1. The van der Waals surface area contributed by atoms with Gasteiger partial charge in [-0.05, 0) is 25.3 Å². The van der Waals surface area contributed by atoms with E-state index >= 15 is 0 Å². The molecule has 2 fully saturated rings. The minimum absolute atomic E-state index is 0.0992. The van der Waals surface area contributed by atoms with Crippen LogP contribution in [-0.2, 0) is 14.4 Å². The van der Waals surface area contributed by atoms with Crippen molar-refractivity contribution < 1.29 is 19.5 Å². The second kappa shape index (κ2) is 6.83. The summed E-state index contributed by atoms with van der Waals surface area (Å²) in [6.07, 6.45) is 4.41. The molecular weight excluding hydrogens is 260 g/mol. The lowest BCUT2D eigenvalue weighted by Gasteiger charge is -2.28. The Labute approximate surface area is 118 Å². The third-order valence-corrected chi connectivity index (χ3v) is 4.30. The Morgan fingerprint density at radius 3 is 2.50 bits per heavy atom. The van der Waals surface area contributed by atoms with Gasteiger partial charge in [0.1, 0.15) is 0 Å². The van der Waals surface area contributed by atoms with Crippen LogP contribution in [0, 0.1) is 11.8 Å². The largest absolute Gasteiger partial charge is 0.481 e. The highest BCUT2D eigenvalue weighted by atomic mass is 16.4. The van der Waals surface area contributed by atoms with Crippen molar-refractivity contribution in [1.29, 1.82) is 0 Å². The average molecular weight is 282 g/mol. The van der Waals surface area contributed by atoms with Crippen molar-refractivity contribution in [3.63, 3.8) is 0 Å². The molecule has 0 aromatic heterocycles. The number of aliphatic carboxylic acids is 1. The van der Waals surface area contributed by atoms with Crippen LogP contribution in [-0.4, -0.2) is 47.4 Å². The van der Waals surface area contributed by atoms with Crippen LogP contribution in [0.1, 0.15) is 38.5 Å². The average Bonchev–Trinajstić information content (AvgIpc) is 2.75. The second-order valence-corrected chi connectivity index (χ2v) is 5.63. The molecule has 112 valence electrons. The lowest BCUT2D eigenvalue weighted by Crippen LogP contribution is -2.39. The summed E-state index contributed by atoms with van der Waals surface area (Å²) in [7, 11) is 0. The minimum atomic E-state index is -0.707. The minimum Gasteiger partial charge on any atom is -0.481 e. The topological polar surface area (TPSA) is 86.7 Å². The van der Waals surface area contributed by atoms with Crippen LogP contribution < -0.4 is 5.32 Å². The first-order chi connectivity index (χ1) is 9.59. The molecule has 0 radical (unpaired) electrons. The van der Waals surface area contributed by atoms with Gasteiger partial charge in [0, 0.05) is 25.9 Å². The van der Waals surface area contributed by atoms with Crippen molar-refractivity contribution in [1.82, 2.24) is 10.2 Å². The summed E-state index contributed by atoms with van der Waals surface area (Å²) in [4.78, 5) is 35.3. The Morgan fingerprint density at radius 1 is 1.20 bits per heavy atom. The lowest BCUT2D eigenvalue weighted by atomic mass is 9.79. The molecule has 1 saturated carbocycles. The van der Waals surface area contributed by atoms with E-state index in [-0.39, 0.29) is 23.7 Å². The summed E-state index contributed by atoms with van der Waals surface area (Å²) in [5.41, 5.74) is 0. The van der Waals surface area contributed by atoms with Gasteiger partial charge >= 0.3 is 5.97 Å². The number of likely N-dealkylation sites (tertiary alicyclic amines) is 1. The Hall–Kier alpha value is -1.43.